The quantitative estimate of drug-likeness (QED) is 0.893. The topological polar surface area (TPSA) is 66.6 Å². The first-order valence-corrected chi connectivity index (χ1v) is 6.43. The lowest BCUT2D eigenvalue weighted by molar-refractivity contribution is -0.117. The van der Waals surface area contributed by atoms with E-state index in [0.29, 0.717) is 6.54 Å². The number of likely N-dealkylation sites (N-methyl/N-ethyl adjacent to an activating group) is 1. The molecule has 0 aliphatic heterocycles. The van der Waals surface area contributed by atoms with Gasteiger partial charge in [-0.15, -0.1) is 0 Å². The van der Waals surface area contributed by atoms with Crippen LogP contribution in [0.15, 0.2) is 48.5 Å². The van der Waals surface area contributed by atoms with Gasteiger partial charge in [-0.05, 0) is 35.4 Å². The van der Waals surface area contributed by atoms with E-state index >= 15 is 0 Å². The van der Waals surface area contributed by atoms with Crippen LogP contribution < -0.4 is 10.6 Å². The first kappa shape index (κ1) is 14.1. The number of anilines is 1. The highest BCUT2D eigenvalue weighted by Gasteiger charge is 2.12. The molecule has 0 aliphatic carbocycles. The Balaban J connectivity index is 2.12. The summed E-state index contributed by atoms with van der Waals surface area (Å²) in [5.41, 5.74) is 8.20. The minimum absolute atomic E-state index is 0.0372. The van der Waals surface area contributed by atoms with Crippen LogP contribution in [0.5, 0.6) is 5.75 Å². The van der Waals surface area contributed by atoms with E-state index in [0.717, 1.165) is 16.8 Å². The molecule has 0 saturated carbocycles. The summed E-state index contributed by atoms with van der Waals surface area (Å²) in [6.07, 6.45) is 0.248. The lowest BCUT2D eigenvalue weighted by Crippen LogP contribution is -2.27. The normalized spacial score (nSPS) is 10.3. The average molecular weight is 270 g/mol. The number of hydrogen-bond acceptors (Lipinski definition) is 3. The summed E-state index contributed by atoms with van der Waals surface area (Å²) in [4.78, 5) is 13.8. The highest BCUT2D eigenvalue weighted by Crippen LogP contribution is 2.17. The van der Waals surface area contributed by atoms with E-state index in [4.69, 9.17) is 5.73 Å². The van der Waals surface area contributed by atoms with Gasteiger partial charge in [0.1, 0.15) is 5.75 Å². The van der Waals surface area contributed by atoms with Crippen LogP contribution in [0.1, 0.15) is 11.1 Å². The van der Waals surface area contributed by atoms with Crippen molar-refractivity contribution in [3.63, 3.8) is 0 Å². The number of phenols is 1. The molecule has 0 unspecified atom stereocenters. The third-order valence-corrected chi connectivity index (χ3v) is 3.17. The van der Waals surface area contributed by atoms with Gasteiger partial charge in [-0.25, -0.2) is 0 Å². The van der Waals surface area contributed by atoms with Crippen LogP contribution in [0, 0.1) is 0 Å². The minimum atomic E-state index is -0.0372. The molecule has 0 heterocycles. The molecule has 2 aromatic carbocycles. The predicted molar refractivity (Wildman–Crippen MR) is 79.6 cm³/mol. The van der Waals surface area contributed by atoms with E-state index < -0.39 is 0 Å². The number of amides is 1. The van der Waals surface area contributed by atoms with Crippen molar-refractivity contribution >= 4 is 11.6 Å². The molecule has 0 aromatic heterocycles. The molecule has 2 aromatic rings. The van der Waals surface area contributed by atoms with Gasteiger partial charge in [0.2, 0.25) is 5.91 Å². The fraction of sp³-hybridized carbons (Fsp3) is 0.188. The second-order valence-electron chi connectivity index (χ2n) is 4.67. The molecule has 0 fully saturated rings. The minimum Gasteiger partial charge on any atom is -0.508 e. The van der Waals surface area contributed by atoms with Crippen LogP contribution in [-0.4, -0.2) is 18.1 Å². The summed E-state index contributed by atoms with van der Waals surface area (Å²) in [7, 11) is 1.74. The zero-order valence-electron chi connectivity index (χ0n) is 11.4. The summed E-state index contributed by atoms with van der Waals surface area (Å²) in [6.45, 7) is 0.447. The van der Waals surface area contributed by atoms with Crippen molar-refractivity contribution in [2.45, 2.75) is 13.0 Å². The van der Waals surface area contributed by atoms with Crippen LogP contribution in [-0.2, 0) is 17.8 Å². The van der Waals surface area contributed by atoms with Gasteiger partial charge in [-0.2, -0.15) is 0 Å². The van der Waals surface area contributed by atoms with Crippen LogP contribution in [0.2, 0.25) is 0 Å². The SMILES string of the molecule is CN(C(=O)Cc1cccc(O)c1)c1cccc(CN)c1. The molecule has 0 atom stereocenters. The molecule has 3 N–H and O–H groups in total. The van der Waals surface area contributed by atoms with Crippen LogP contribution >= 0.6 is 0 Å². The highest BCUT2D eigenvalue weighted by molar-refractivity contribution is 5.94. The number of rotatable bonds is 4. The molecule has 0 aliphatic rings. The van der Waals surface area contributed by atoms with Gasteiger partial charge in [0, 0.05) is 19.3 Å². The Kier molecular flexibility index (Phi) is 4.38. The Morgan fingerprint density at radius 2 is 1.85 bits per heavy atom. The fourth-order valence-corrected chi connectivity index (χ4v) is 2.00. The van der Waals surface area contributed by atoms with Crippen LogP contribution in [0.3, 0.4) is 0 Å². The summed E-state index contributed by atoms with van der Waals surface area (Å²) < 4.78 is 0. The van der Waals surface area contributed by atoms with Gasteiger partial charge in [-0.3, -0.25) is 4.79 Å². The molecule has 0 bridgehead atoms. The number of hydrogen-bond donors (Lipinski definition) is 2. The van der Waals surface area contributed by atoms with E-state index in [2.05, 4.69) is 0 Å². The Morgan fingerprint density at radius 3 is 2.55 bits per heavy atom. The zero-order chi connectivity index (χ0) is 14.5. The maximum absolute atomic E-state index is 12.2. The molecule has 0 saturated heterocycles. The first-order valence-electron chi connectivity index (χ1n) is 6.43. The Bertz CT molecular complexity index is 611. The molecule has 2 rings (SSSR count). The molecule has 4 heteroatoms. The van der Waals surface area contributed by atoms with E-state index in [-0.39, 0.29) is 18.1 Å². The second-order valence-corrected chi connectivity index (χ2v) is 4.67. The molecule has 104 valence electrons. The molecule has 20 heavy (non-hydrogen) atoms. The molecule has 0 spiro atoms. The number of phenolic OH excluding ortho intramolecular Hbond substituents is 1. The van der Waals surface area contributed by atoms with Crippen molar-refractivity contribution in [2.24, 2.45) is 5.73 Å². The number of aromatic hydroxyl groups is 1. The fourth-order valence-electron chi connectivity index (χ4n) is 2.00. The monoisotopic (exact) mass is 270 g/mol. The van der Waals surface area contributed by atoms with Gasteiger partial charge in [0.25, 0.3) is 0 Å². The van der Waals surface area contributed by atoms with Gasteiger partial charge in [-0.1, -0.05) is 24.3 Å². The van der Waals surface area contributed by atoms with E-state index in [1.165, 1.54) is 0 Å². The number of nitrogens with two attached hydrogens (primary N) is 1. The maximum Gasteiger partial charge on any atom is 0.231 e. The van der Waals surface area contributed by atoms with Gasteiger partial charge in [0.15, 0.2) is 0 Å². The van der Waals surface area contributed by atoms with Crippen molar-refractivity contribution in [3.8, 4) is 5.75 Å². The molecule has 4 nitrogen and oxygen atoms in total. The zero-order valence-corrected chi connectivity index (χ0v) is 11.4. The number of nitrogens with zero attached hydrogens (tertiary/aromatic N) is 1. The predicted octanol–water partition coefficient (Wildman–Crippen LogP) is 2.06. The standard InChI is InChI=1S/C16H18N2O2/c1-18(14-6-2-5-13(8-14)11-17)16(20)10-12-4-3-7-15(19)9-12/h2-9,19H,10-11,17H2,1H3. The summed E-state index contributed by atoms with van der Waals surface area (Å²) in [5, 5.41) is 9.41. The van der Waals surface area contributed by atoms with Gasteiger partial charge in [0.05, 0.1) is 6.42 Å². The number of carbonyl (C=O) groups is 1. The lowest BCUT2D eigenvalue weighted by Gasteiger charge is -2.18. The number of carbonyl (C=O) groups excluding carboxylic acids is 1. The lowest BCUT2D eigenvalue weighted by atomic mass is 10.1. The van der Waals surface area contributed by atoms with Crippen molar-refractivity contribution in [3.05, 3.63) is 59.7 Å². The van der Waals surface area contributed by atoms with Crippen molar-refractivity contribution in [2.75, 3.05) is 11.9 Å². The molecule has 1 amide bonds. The summed E-state index contributed by atoms with van der Waals surface area (Å²) in [6, 6.07) is 14.3. The highest BCUT2D eigenvalue weighted by atomic mass is 16.3. The van der Waals surface area contributed by atoms with E-state index in [9.17, 15) is 9.90 Å². The van der Waals surface area contributed by atoms with Crippen LogP contribution in [0.4, 0.5) is 5.69 Å². The largest absolute Gasteiger partial charge is 0.508 e. The van der Waals surface area contributed by atoms with Crippen molar-refractivity contribution in [1.82, 2.24) is 0 Å². The average Bonchev–Trinajstić information content (AvgIpc) is 2.46. The third kappa shape index (κ3) is 3.36. The summed E-state index contributed by atoms with van der Waals surface area (Å²) in [5.74, 6) is 0.132. The third-order valence-electron chi connectivity index (χ3n) is 3.17. The smallest absolute Gasteiger partial charge is 0.231 e. The molecular weight excluding hydrogens is 252 g/mol. The van der Waals surface area contributed by atoms with E-state index in [1.54, 1.807) is 30.1 Å². The van der Waals surface area contributed by atoms with Crippen molar-refractivity contribution < 1.29 is 9.90 Å². The number of benzene rings is 2. The Morgan fingerprint density at radius 1 is 1.15 bits per heavy atom. The van der Waals surface area contributed by atoms with Gasteiger partial charge < -0.3 is 15.7 Å². The first-order chi connectivity index (χ1) is 9.60. The van der Waals surface area contributed by atoms with Crippen LogP contribution in [0.25, 0.3) is 0 Å². The van der Waals surface area contributed by atoms with Gasteiger partial charge >= 0.3 is 0 Å². The maximum atomic E-state index is 12.2. The molecular formula is C16H18N2O2. The van der Waals surface area contributed by atoms with Crippen molar-refractivity contribution in [1.29, 1.82) is 0 Å². The summed E-state index contributed by atoms with van der Waals surface area (Å²) >= 11 is 0. The second kappa shape index (κ2) is 6.21. The Labute approximate surface area is 118 Å². The van der Waals surface area contributed by atoms with E-state index in [1.807, 2.05) is 30.3 Å². The molecule has 0 radical (unpaired) electrons. The Hall–Kier alpha value is -2.33.